The van der Waals surface area contributed by atoms with E-state index in [2.05, 4.69) is 18.7 Å². The van der Waals surface area contributed by atoms with Crippen LogP contribution in [0.2, 0.25) is 0 Å². The molecule has 0 bridgehead atoms. The summed E-state index contributed by atoms with van der Waals surface area (Å²) in [4.78, 5) is 16.1. The number of carbonyl (C=O) groups is 1. The fourth-order valence-corrected chi connectivity index (χ4v) is 1.34. The highest BCUT2D eigenvalue weighted by molar-refractivity contribution is 7.80. The molecule has 0 saturated carbocycles. The highest BCUT2D eigenvalue weighted by atomic mass is 32.1. The Morgan fingerprint density at radius 2 is 2.00 bits per heavy atom. The lowest BCUT2D eigenvalue weighted by atomic mass is 10.2. The molecule has 0 aromatic rings. The summed E-state index contributed by atoms with van der Waals surface area (Å²) >= 11 is 4.84. The number of rotatable bonds is 7. The van der Waals surface area contributed by atoms with Gasteiger partial charge in [0.1, 0.15) is 0 Å². The van der Waals surface area contributed by atoms with E-state index in [4.69, 9.17) is 18.0 Å². The van der Waals surface area contributed by atoms with Gasteiger partial charge in [-0.05, 0) is 20.8 Å². The van der Waals surface area contributed by atoms with Gasteiger partial charge < -0.3 is 10.6 Å². The molecule has 0 fully saturated rings. The quantitative estimate of drug-likeness (QED) is 0.676. The summed E-state index contributed by atoms with van der Waals surface area (Å²) < 4.78 is 0. The van der Waals surface area contributed by atoms with Gasteiger partial charge in [-0.2, -0.15) is 0 Å². The summed E-state index contributed by atoms with van der Waals surface area (Å²) in [5, 5.41) is 0. The molecule has 0 saturated heterocycles. The van der Waals surface area contributed by atoms with Gasteiger partial charge in [0.15, 0.2) is 0 Å². The standard InChI is InChI=1S/C11H23N3OS/c1-5-13(4)11(15)8-14(9(2)3)7-6-10(12)16/h9H,5-8H2,1-4H3,(H2,12,16). The zero-order valence-electron chi connectivity index (χ0n) is 10.7. The minimum absolute atomic E-state index is 0.138. The Bertz CT molecular complexity index is 243. The van der Waals surface area contributed by atoms with Gasteiger partial charge in [0.25, 0.3) is 0 Å². The summed E-state index contributed by atoms with van der Waals surface area (Å²) in [5.74, 6) is 0.138. The fourth-order valence-electron chi connectivity index (χ4n) is 1.24. The van der Waals surface area contributed by atoms with Crippen molar-refractivity contribution in [3.05, 3.63) is 0 Å². The number of nitrogens with zero attached hydrogens (tertiary/aromatic N) is 2. The average molecular weight is 245 g/mol. The smallest absolute Gasteiger partial charge is 0.236 e. The fraction of sp³-hybridized carbons (Fsp3) is 0.818. The molecular formula is C11H23N3OS. The van der Waals surface area contributed by atoms with Crippen LogP contribution in [0, 0.1) is 0 Å². The van der Waals surface area contributed by atoms with Crippen molar-refractivity contribution in [2.45, 2.75) is 33.2 Å². The lowest BCUT2D eigenvalue weighted by Crippen LogP contribution is -2.42. The lowest BCUT2D eigenvalue weighted by molar-refractivity contribution is -0.131. The zero-order valence-corrected chi connectivity index (χ0v) is 11.5. The molecule has 0 unspecified atom stereocenters. The molecule has 5 heteroatoms. The van der Waals surface area contributed by atoms with E-state index in [0.717, 1.165) is 13.1 Å². The van der Waals surface area contributed by atoms with Crippen LogP contribution in [0.25, 0.3) is 0 Å². The number of amides is 1. The maximum absolute atomic E-state index is 11.8. The van der Waals surface area contributed by atoms with Crippen molar-refractivity contribution in [2.75, 3.05) is 26.7 Å². The van der Waals surface area contributed by atoms with Gasteiger partial charge in [-0.3, -0.25) is 9.69 Å². The minimum Gasteiger partial charge on any atom is -0.393 e. The number of likely N-dealkylation sites (N-methyl/N-ethyl adjacent to an activating group) is 1. The van der Waals surface area contributed by atoms with E-state index in [1.54, 1.807) is 4.90 Å². The first-order valence-corrected chi connectivity index (χ1v) is 6.05. The molecule has 2 N–H and O–H groups in total. The molecule has 0 spiro atoms. The third kappa shape index (κ3) is 6.02. The molecule has 0 aliphatic rings. The second-order valence-corrected chi connectivity index (χ2v) is 4.71. The number of hydrogen-bond donors (Lipinski definition) is 1. The maximum atomic E-state index is 11.8. The number of thiocarbonyl (C=S) groups is 1. The molecule has 1 amide bonds. The highest BCUT2D eigenvalue weighted by Crippen LogP contribution is 2.01. The first kappa shape index (κ1) is 15.3. The predicted octanol–water partition coefficient (Wildman–Crippen LogP) is 0.851. The van der Waals surface area contributed by atoms with Crippen molar-refractivity contribution in [3.8, 4) is 0 Å². The first-order chi connectivity index (χ1) is 7.38. The lowest BCUT2D eigenvalue weighted by Gasteiger charge is -2.27. The maximum Gasteiger partial charge on any atom is 0.236 e. The van der Waals surface area contributed by atoms with Gasteiger partial charge in [-0.1, -0.05) is 12.2 Å². The molecule has 94 valence electrons. The average Bonchev–Trinajstić information content (AvgIpc) is 2.21. The third-order valence-electron chi connectivity index (χ3n) is 2.61. The second-order valence-electron chi connectivity index (χ2n) is 4.19. The number of carbonyl (C=O) groups excluding carboxylic acids is 1. The SMILES string of the molecule is CCN(C)C(=O)CN(CCC(N)=S)C(C)C. The molecule has 0 rings (SSSR count). The summed E-state index contributed by atoms with van der Waals surface area (Å²) in [6.07, 6.45) is 0.663. The predicted molar refractivity (Wildman–Crippen MR) is 71.4 cm³/mol. The molecule has 0 atom stereocenters. The molecule has 0 aromatic heterocycles. The molecule has 0 aromatic carbocycles. The summed E-state index contributed by atoms with van der Waals surface area (Å²) in [5.41, 5.74) is 5.47. The van der Waals surface area contributed by atoms with Crippen LogP contribution in [-0.2, 0) is 4.79 Å². The van der Waals surface area contributed by atoms with E-state index in [-0.39, 0.29) is 5.91 Å². The van der Waals surface area contributed by atoms with Crippen molar-refractivity contribution < 1.29 is 4.79 Å². The molecule has 0 aliphatic heterocycles. The van der Waals surface area contributed by atoms with E-state index < -0.39 is 0 Å². The summed E-state index contributed by atoms with van der Waals surface area (Å²) in [7, 11) is 1.81. The van der Waals surface area contributed by atoms with Crippen LogP contribution in [0.4, 0.5) is 0 Å². The van der Waals surface area contributed by atoms with Crippen LogP contribution in [0.5, 0.6) is 0 Å². The molecule has 4 nitrogen and oxygen atoms in total. The molecular weight excluding hydrogens is 222 g/mol. The Balaban J connectivity index is 4.22. The molecule has 0 aliphatic carbocycles. The largest absolute Gasteiger partial charge is 0.393 e. The van der Waals surface area contributed by atoms with Gasteiger partial charge in [-0.25, -0.2) is 0 Å². The molecule has 0 radical (unpaired) electrons. The van der Waals surface area contributed by atoms with E-state index in [1.807, 2.05) is 14.0 Å². The second kappa shape index (κ2) is 7.57. The van der Waals surface area contributed by atoms with Crippen molar-refractivity contribution >= 4 is 23.1 Å². The zero-order chi connectivity index (χ0) is 12.7. The highest BCUT2D eigenvalue weighted by Gasteiger charge is 2.15. The Kier molecular flexibility index (Phi) is 7.25. The summed E-state index contributed by atoms with van der Waals surface area (Å²) in [6, 6.07) is 0.323. The van der Waals surface area contributed by atoms with Gasteiger partial charge in [0.2, 0.25) is 5.91 Å². The van der Waals surface area contributed by atoms with Crippen LogP contribution in [-0.4, -0.2) is 53.4 Å². The Labute approximate surface area is 104 Å². The van der Waals surface area contributed by atoms with Crippen LogP contribution >= 0.6 is 12.2 Å². The Morgan fingerprint density at radius 1 is 1.44 bits per heavy atom. The number of nitrogens with two attached hydrogens (primary N) is 1. The molecule has 16 heavy (non-hydrogen) atoms. The minimum atomic E-state index is 0.138. The Morgan fingerprint density at radius 3 is 2.38 bits per heavy atom. The van der Waals surface area contributed by atoms with Gasteiger partial charge >= 0.3 is 0 Å². The summed E-state index contributed by atoms with van der Waals surface area (Å²) in [6.45, 7) is 8.02. The van der Waals surface area contributed by atoms with E-state index in [1.165, 1.54) is 0 Å². The van der Waals surface area contributed by atoms with Crippen molar-refractivity contribution in [1.29, 1.82) is 0 Å². The van der Waals surface area contributed by atoms with Crippen molar-refractivity contribution in [2.24, 2.45) is 5.73 Å². The molecule has 0 heterocycles. The normalized spacial score (nSPS) is 10.9. The Hall–Kier alpha value is -0.680. The van der Waals surface area contributed by atoms with Gasteiger partial charge in [0, 0.05) is 32.6 Å². The van der Waals surface area contributed by atoms with Crippen LogP contribution in [0.15, 0.2) is 0 Å². The first-order valence-electron chi connectivity index (χ1n) is 5.64. The van der Waals surface area contributed by atoms with E-state index in [9.17, 15) is 4.79 Å². The van der Waals surface area contributed by atoms with Crippen LogP contribution < -0.4 is 5.73 Å². The van der Waals surface area contributed by atoms with Gasteiger partial charge in [0.05, 0.1) is 11.5 Å². The third-order valence-corrected chi connectivity index (χ3v) is 2.82. The monoisotopic (exact) mass is 245 g/mol. The van der Waals surface area contributed by atoms with Crippen LogP contribution in [0.1, 0.15) is 27.2 Å². The van der Waals surface area contributed by atoms with E-state index >= 15 is 0 Å². The van der Waals surface area contributed by atoms with Crippen LogP contribution in [0.3, 0.4) is 0 Å². The number of hydrogen-bond acceptors (Lipinski definition) is 3. The van der Waals surface area contributed by atoms with E-state index in [0.29, 0.717) is 24.0 Å². The van der Waals surface area contributed by atoms with Crippen molar-refractivity contribution in [3.63, 3.8) is 0 Å². The van der Waals surface area contributed by atoms with Gasteiger partial charge in [-0.15, -0.1) is 0 Å². The topological polar surface area (TPSA) is 49.6 Å². The van der Waals surface area contributed by atoms with Crippen molar-refractivity contribution in [1.82, 2.24) is 9.80 Å².